The molecule has 2 aromatic carbocycles. The summed E-state index contributed by atoms with van der Waals surface area (Å²) < 4.78 is 11.0. The minimum Gasteiger partial charge on any atom is -0.480 e. The van der Waals surface area contributed by atoms with Crippen molar-refractivity contribution in [2.75, 3.05) is 13.7 Å². The zero-order valence-corrected chi connectivity index (χ0v) is 20.2. The molecule has 35 heavy (non-hydrogen) atoms. The van der Waals surface area contributed by atoms with Crippen LogP contribution >= 0.6 is 0 Å². The maximum Gasteiger partial charge on any atom is 0.407 e. The second-order valence-corrected chi connectivity index (χ2v) is 9.85. The standard InChI is InChI=1S/C27H32N2O6/c1-27(2,34-3)14-22(24(30)29-23(25(31)32)16-12-13-16)28-26(33)35-15-21-19-10-6-4-8-17(19)18-9-5-7-11-20(18)21/h4-11,16,21-23H,12-15H2,1-3H3,(H,28,33)(H,29,30)(H,31,32). The first-order valence-corrected chi connectivity index (χ1v) is 11.9. The van der Waals surface area contributed by atoms with Crippen LogP contribution in [-0.2, 0) is 19.1 Å². The molecule has 2 aliphatic carbocycles. The van der Waals surface area contributed by atoms with Crippen LogP contribution in [0.2, 0.25) is 0 Å². The molecule has 0 aliphatic heterocycles. The minimum atomic E-state index is -1.08. The number of hydrogen-bond acceptors (Lipinski definition) is 5. The van der Waals surface area contributed by atoms with Crippen LogP contribution in [0.5, 0.6) is 0 Å². The van der Waals surface area contributed by atoms with Gasteiger partial charge in [-0.3, -0.25) is 4.79 Å². The van der Waals surface area contributed by atoms with Gasteiger partial charge in [-0.25, -0.2) is 9.59 Å². The second kappa shape index (κ2) is 10.1. The first-order valence-electron chi connectivity index (χ1n) is 11.9. The van der Waals surface area contributed by atoms with Gasteiger partial charge in [0.15, 0.2) is 0 Å². The highest BCUT2D eigenvalue weighted by Gasteiger charge is 2.39. The molecule has 0 spiro atoms. The van der Waals surface area contributed by atoms with Gasteiger partial charge in [-0.15, -0.1) is 0 Å². The minimum absolute atomic E-state index is 0.0815. The van der Waals surface area contributed by atoms with Crippen LogP contribution in [0.25, 0.3) is 11.1 Å². The van der Waals surface area contributed by atoms with E-state index in [0.29, 0.717) is 0 Å². The van der Waals surface area contributed by atoms with Crippen LogP contribution < -0.4 is 10.6 Å². The van der Waals surface area contributed by atoms with Crippen LogP contribution in [0.4, 0.5) is 4.79 Å². The van der Waals surface area contributed by atoms with Crippen LogP contribution in [0.15, 0.2) is 48.5 Å². The number of fused-ring (bicyclic) bond motifs is 3. The van der Waals surface area contributed by atoms with Crippen molar-refractivity contribution >= 4 is 18.0 Å². The molecule has 2 amide bonds. The fourth-order valence-corrected chi connectivity index (χ4v) is 4.63. The van der Waals surface area contributed by atoms with Crippen molar-refractivity contribution in [1.82, 2.24) is 10.6 Å². The van der Waals surface area contributed by atoms with E-state index in [1.165, 1.54) is 7.11 Å². The van der Waals surface area contributed by atoms with Gasteiger partial charge in [0, 0.05) is 19.4 Å². The zero-order valence-electron chi connectivity index (χ0n) is 20.2. The first-order chi connectivity index (χ1) is 16.7. The highest BCUT2D eigenvalue weighted by atomic mass is 16.5. The Balaban J connectivity index is 1.44. The lowest BCUT2D eigenvalue weighted by Crippen LogP contribution is -2.54. The van der Waals surface area contributed by atoms with E-state index in [0.717, 1.165) is 35.1 Å². The largest absolute Gasteiger partial charge is 0.480 e. The number of benzene rings is 2. The molecule has 3 N–H and O–H groups in total. The highest BCUT2D eigenvalue weighted by molar-refractivity contribution is 5.89. The molecule has 0 radical (unpaired) electrons. The van der Waals surface area contributed by atoms with E-state index in [9.17, 15) is 19.5 Å². The molecule has 2 aliphatic rings. The summed E-state index contributed by atoms with van der Waals surface area (Å²) in [6.07, 6.45) is 0.921. The predicted octanol–water partition coefficient (Wildman–Crippen LogP) is 3.69. The van der Waals surface area contributed by atoms with Crippen LogP contribution in [0.3, 0.4) is 0 Å². The van der Waals surface area contributed by atoms with Crippen molar-refractivity contribution in [3.8, 4) is 11.1 Å². The van der Waals surface area contributed by atoms with Crippen LogP contribution in [0.1, 0.15) is 50.2 Å². The average Bonchev–Trinajstić information content (AvgIpc) is 3.62. The fourth-order valence-electron chi connectivity index (χ4n) is 4.63. The van der Waals surface area contributed by atoms with Crippen molar-refractivity contribution in [3.63, 3.8) is 0 Å². The van der Waals surface area contributed by atoms with Crippen molar-refractivity contribution < 1.29 is 29.0 Å². The summed E-state index contributed by atoms with van der Waals surface area (Å²) in [5.74, 6) is -1.83. The molecule has 8 nitrogen and oxygen atoms in total. The molecule has 2 atom stereocenters. The van der Waals surface area contributed by atoms with Gasteiger partial charge < -0.3 is 25.2 Å². The summed E-state index contributed by atoms with van der Waals surface area (Å²) >= 11 is 0. The molecule has 8 heteroatoms. The van der Waals surface area contributed by atoms with Gasteiger partial charge in [0.25, 0.3) is 0 Å². The number of carbonyl (C=O) groups excluding carboxylic acids is 2. The topological polar surface area (TPSA) is 114 Å². The Kier molecular flexibility index (Phi) is 7.12. The summed E-state index contributed by atoms with van der Waals surface area (Å²) in [5, 5.41) is 14.7. The van der Waals surface area contributed by atoms with Crippen molar-refractivity contribution in [2.24, 2.45) is 5.92 Å². The van der Waals surface area contributed by atoms with Gasteiger partial charge >= 0.3 is 12.1 Å². The normalized spacial score (nSPS) is 16.5. The maximum absolute atomic E-state index is 13.0. The van der Waals surface area contributed by atoms with Crippen molar-refractivity contribution in [3.05, 3.63) is 59.7 Å². The van der Waals surface area contributed by atoms with Gasteiger partial charge in [-0.1, -0.05) is 48.5 Å². The smallest absolute Gasteiger partial charge is 0.407 e. The number of methoxy groups -OCH3 is 1. The van der Waals surface area contributed by atoms with E-state index in [2.05, 4.69) is 22.8 Å². The summed E-state index contributed by atoms with van der Waals surface area (Å²) in [6.45, 7) is 3.70. The van der Waals surface area contributed by atoms with Gasteiger partial charge in [0.2, 0.25) is 5.91 Å². The third kappa shape index (κ3) is 5.65. The van der Waals surface area contributed by atoms with E-state index in [1.807, 2.05) is 36.4 Å². The first kappa shape index (κ1) is 24.7. The van der Waals surface area contributed by atoms with Gasteiger partial charge in [0.1, 0.15) is 18.7 Å². The van der Waals surface area contributed by atoms with E-state index in [4.69, 9.17) is 9.47 Å². The lowest BCUT2D eigenvalue weighted by molar-refractivity contribution is -0.143. The molecule has 0 aromatic heterocycles. The van der Waals surface area contributed by atoms with E-state index < -0.39 is 35.7 Å². The Bertz CT molecular complexity index is 1060. The van der Waals surface area contributed by atoms with Gasteiger partial charge in [0.05, 0.1) is 5.60 Å². The van der Waals surface area contributed by atoms with Gasteiger partial charge in [-0.05, 0) is 54.9 Å². The highest BCUT2D eigenvalue weighted by Crippen LogP contribution is 2.44. The van der Waals surface area contributed by atoms with Crippen molar-refractivity contribution in [2.45, 2.75) is 56.7 Å². The Morgan fingerprint density at radius 2 is 1.57 bits per heavy atom. The molecule has 2 unspecified atom stereocenters. The molecule has 0 bridgehead atoms. The van der Waals surface area contributed by atoms with Crippen LogP contribution in [-0.4, -0.2) is 54.5 Å². The molecule has 0 saturated heterocycles. The van der Waals surface area contributed by atoms with Crippen LogP contribution in [0, 0.1) is 5.92 Å². The average molecular weight is 481 g/mol. The number of aliphatic carboxylic acids is 1. The number of nitrogens with one attached hydrogen (secondary N) is 2. The molecule has 0 heterocycles. The monoisotopic (exact) mass is 480 g/mol. The lowest BCUT2D eigenvalue weighted by Gasteiger charge is -2.29. The molecule has 2 aromatic rings. The maximum atomic E-state index is 13.0. The number of carbonyl (C=O) groups is 3. The quantitative estimate of drug-likeness (QED) is 0.478. The third-order valence-electron chi connectivity index (χ3n) is 6.86. The molecular weight excluding hydrogens is 448 g/mol. The molecule has 1 saturated carbocycles. The molecule has 4 rings (SSSR count). The number of amides is 2. The third-order valence-corrected chi connectivity index (χ3v) is 6.86. The number of ether oxygens (including phenoxy) is 2. The Morgan fingerprint density at radius 3 is 2.09 bits per heavy atom. The number of carboxylic acids is 1. The van der Waals surface area contributed by atoms with E-state index >= 15 is 0 Å². The number of carboxylic acid groups (broad SMARTS) is 1. The summed E-state index contributed by atoms with van der Waals surface area (Å²) in [4.78, 5) is 37.4. The van der Waals surface area contributed by atoms with Crippen molar-refractivity contribution in [1.29, 1.82) is 0 Å². The lowest BCUT2D eigenvalue weighted by atomic mass is 9.97. The number of alkyl carbamates (subject to hydrolysis) is 1. The Morgan fingerprint density at radius 1 is 1.00 bits per heavy atom. The number of hydrogen-bond donors (Lipinski definition) is 3. The fraction of sp³-hybridized carbons (Fsp3) is 0.444. The molecule has 1 fully saturated rings. The SMILES string of the molecule is COC(C)(C)CC(NC(=O)OCC1c2ccccc2-c2ccccc21)C(=O)NC(C(=O)O)C1CC1. The molecular formula is C27H32N2O6. The Hall–Kier alpha value is -3.39. The summed E-state index contributed by atoms with van der Waals surface area (Å²) in [6, 6.07) is 14.1. The Labute approximate surface area is 205 Å². The van der Waals surface area contributed by atoms with E-state index in [-0.39, 0.29) is 24.9 Å². The summed E-state index contributed by atoms with van der Waals surface area (Å²) in [7, 11) is 1.52. The predicted molar refractivity (Wildman–Crippen MR) is 130 cm³/mol. The molecule has 186 valence electrons. The van der Waals surface area contributed by atoms with E-state index in [1.54, 1.807) is 13.8 Å². The second-order valence-electron chi connectivity index (χ2n) is 9.85. The number of rotatable bonds is 10. The summed E-state index contributed by atoms with van der Waals surface area (Å²) in [5.41, 5.74) is 3.69. The zero-order chi connectivity index (χ0) is 25.2. The van der Waals surface area contributed by atoms with Gasteiger partial charge in [-0.2, -0.15) is 0 Å².